The molecule has 0 bridgehead atoms. The molecule has 2 rings (SSSR count). The van der Waals surface area contributed by atoms with Crippen LogP contribution in [0.1, 0.15) is 27.6 Å². The first-order chi connectivity index (χ1) is 12.7. The van der Waals surface area contributed by atoms with E-state index in [-0.39, 0.29) is 28.9 Å². The number of aryl methyl sites for hydroxylation is 1. The van der Waals surface area contributed by atoms with Crippen LogP contribution in [-0.2, 0) is 14.3 Å². The highest BCUT2D eigenvalue weighted by Crippen LogP contribution is 2.26. The zero-order chi connectivity index (χ0) is 20.1. The molecule has 4 N–H and O–H groups in total. The van der Waals surface area contributed by atoms with Gasteiger partial charge in [-0.1, -0.05) is 6.07 Å². The number of aromatic hydroxyl groups is 2. The Hall–Kier alpha value is -3.69. The van der Waals surface area contributed by atoms with Gasteiger partial charge in [0.15, 0.2) is 11.6 Å². The molecule has 0 radical (unpaired) electrons. The number of phenols is 2. The zero-order valence-electron chi connectivity index (χ0n) is 13.8. The number of ether oxygens (including phenoxy) is 1. The molecule has 0 saturated heterocycles. The minimum absolute atomic E-state index is 0.0662. The highest BCUT2D eigenvalue weighted by Gasteiger charge is 2.25. The molecule has 8 nitrogen and oxygen atoms in total. The van der Waals surface area contributed by atoms with Crippen LogP contribution in [0.3, 0.4) is 0 Å². The number of hydrogen-bond acceptors (Lipinski definition) is 6. The summed E-state index contributed by atoms with van der Waals surface area (Å²) in [7, 11) is 0. The van der Waals surface area contributed by atoms with Gasteiger partial charge in [0.1, 0.15) is 11.5 Å². The molecule has 1 unspecified atom stereocenters. The van der Waals surface area contributed by atoms with Crippen LogP contribution in [0, 0.1) is 18.6 Å². The molecule has 2 aromatic rings. The molecule has 0 aliphatic carbocycles. The van der Waals surface area contributed by atoms with Crippen molar-refractivity contribution in [3.05, 3.63) is 58.7 Å². The monoisotopic (exact) mass is 380 g/mol. The third-order valence-electron chi connectivity index (χ3n) is 3.50. The maximum Gasteiger partial charge on any atom is 0.294 e. The summed E-state index contributed by atoms with van der Waals surface area (Å²) < 4.78 is 30.9. The van der Waals surface area contributed by atoms with Crippen molar-refractivity contribution in [2.24, 2.45) is 0 Å². The van der Waals surface area contributed by atoms with E-state index in [1.54, 1.807) is 0 Å². The molecule has 142 valence electrons. The van der Waals surface area contributed by atoms with Crippen molar-refractivity contribution in [2.45, 2.75) is 13.0 Å². The molecular weight excluding hydrogens is 366 g/mol. The van der Waals surface area contributed by atoms with Crippen molar-refractivity contribution in [3.8, 4) is 11.5 Å². The maximum absolute atomic E-state index is 13.3. The number of hydrogen-bond donors (Lipinski definition) is 4. The minimum atomic E-state index is -1.66. The molecular formula is C17H14F2N2O6. The standard InChI is InChI=1S/C17H14F2N2O6/c1-8-4-10(23)6-13(24)14(8)16(25)20-21-17(26)15(27-7-22)9-2-3-11(18)12(19)5-9/h2-7,15,23-24H,1H3,(H,20,25)(H,21,26). The van der Waals surface area contributed by atoms with Gasteiger partial charge in [-0.2, -0.15) is 0 Å². The van der Waals surface area contributed by atoms with Gasteiger partial charge in [-0.05, 0) is 30.7 Å². The average Bonchev–Trinajstić information content (AvgIpc) is 2.59. The lowest BCUT2D eigenvalue weighted by atomic mass is 10.1. The van der Waals surface area contributed by atoms with E-state index in [1.165, 1.54) is 13.0 Å². The van der Waals surface area contributed by atoms with Gasteiger partial charge in [0, 0.05) is 11.6 Å². The van der Waals surface area contributed by atoms with Crippen molar-refractivity contribution < 1.29 is 38.1 Å². The third-order valence-corrected chi connectivity index (χ3v) is 3.50. The van der Waals surface area contributed by atoms with Crippen LogP contribution in [-0.4, -0.2) is 28.5 Å². The minimum Gasteiger partial charge on any atom is -0.508 e. The molecule has 0 fully saturated rings. The molecule has 27 heavy (non-hydrogen) atoms. The van der Waals surface area contributed by atoms with E-state index in [0.717, 1.165) is 18.2 Å². The lowest BCUT2D eigenvalue weighted by molar-refractivity contribution is -0.145. The Morgan fingerprint density at radius 1 is 1.11 bits per heavy atom. The van der Waals surface area contributed by atoms with Gasteiger partial charge in [-0.3, -0.25) is 25.2 Å². The van der Waals surface area contributed by atoms with Gasteiger partial charge in [0.2, 0.25) is 6.10 Å². The molecule has 0 spiro atoms. The Bertz CT molecular complexity index is 880. The fourth-order valence-corrected chi connectivity index (χ4v) is 2.31. The lowest BCUT2D eigenvalue weighted by Crippen LogP contribution is -2.44. The van der Waals surface area contributed by atoms with Gasteiger partial charge in [0.05, 0.1) is 5.56 Å². The molecule has 0 aromatic heterocycles. The van der Waals surface area contributed by atoms with E-state index in [4.69, 9.17) is 0 Å². The molecule has 10 heteroatoms. The van der Waals surface area contributed by atoms with E-state index < -0.39 is 35.3 Å². The average molecular weight is 380 g/mol. The largest absolute Gasteiger partial charge is 0.508 e. The third kappa shape index (κ3) is 4.48. The van der Waals surface area contributed by atoms with Gasteiger partial charge < -0.3 is 14.9 Å². The predicted molar refractivity (Wildman–Crippen MR) is 86.4 cm³/mol. The van der Waals surface area contributed by atoms with Crippen LogP contribution in [0.5, 0.6) is 11.5 Å². The van der Waals surface area contributed by atoms with Crippen LogP contribution >= 0.6 is 0 Å². The van der Waals surface area contributed by atoms with E-state index in [2.05, 4.69) is 4.74 Å². The molecule has 1 atom stereocenters. The van der Waals surface area contributed by atoms with E-state index in [0.29, 0.717) is 6.07 Å². The number of halogens is 2. The number of rotatable bonds is 5. The quantitative estimate of drug-likeness (QED) is 0.459. The summed E-state index contributed by atoms with van der Waals surface area (Å²) in [5, 5.41) is 19.1. The molecule has 2 amide bonds. The van der Waals surface area contributed by atoms with Crippen molar-refractivity contribution in [1.82, 2.24) is 10.9 Å². The smallest absolute Gasteiger partial charge is 0.294 e. The van der Waals surface area contributed by atoms with Crippen LogP contribution < -0.4 is 10.9 Å². The number of carbonyl (C=O) groups is 3. The van der Waals surface area contributed by atoms with Crippen molar-refractivity contribution >= 4 is 18.3 Å². The molecule has 0 heterocycles. The topological polar surface area (TPSA) is 125 Å². The van der Waals surface area contributed by atoms with Gasteiger partial charge >= 0.3 is 0 Å². The number of benzene rings is 2. The highest BCUT2D eigenvalue weighted by molar-refractivity contribution is 5.99. The number of carbonyl (C=O) groups excluding carboxylic acids is 3. The number of nitrogens with one attached hydrogen (secondary N) is 2. The Labute approximate surface area is 151 Å². The Morgan fingerprint density at radius 3 is 2.41 bits per heavy atom. The van der Waals surface area contributed by atoms with Crippen molar-refractivity contribution in [2.75, 3.05) is 0 Å². The summed E-state index contributed by atoms with van der Waals surface area (Å²) >= 11 is 0. The summed E-state index contributed by atoms with van der Waals surface area (Å²) in [5.41, 5.74) is 3.78. The lowest BCUT2D eigenvalue weighted by Gasteiger charge is -2.16. The van der Waals surface area contributed by atoms with E-state index >= 15 is 0 Å². The van der Waals surface area contributed by atoms with Crippen molar-refractivity contribution in [3.63, 3.8) is 0 Å². The molecule has 2 aromatic carbocycles. The Morgan fingerprint density at radius 2 is 1.81 bits per heavy atom. The van der Waals surface area contributed by atoms with Gasteiger partial charge in [0.25, 0.3) is 18.3 Å². The van der Waals surface area contributed by atoms with Crippen molar-refractivity contribution in [1.29, 1.82) is 0 Å². The summed E-state index contributed by atoms with van der Waals surface area (Å²) in [6.45, 7) is 1.37. The zero-order valence-corrected chi connectivity index (χ0v) is 13.8. The first-order valence-electron chi connectivity index (χ1n) is 7.41. The van der Waals surface area contributed by atoms with Crippen LogP contribution in [0.15, 0.2) is 30.3 Å². The van der Waals surface area contributed by atoms with E-state index in [9.17, 15) is 33.4 Å². The normalized spacial score (nSPS) is 11.4. The number of phenolic OH excluding ortho intramolecular Hbond substituents is 2. The summed E-state index contributed by atoms with van der Waals surface area (Å²) in [5.74, 6) is -5.18. The van der Waals surface area contributed by atoms with Gasteiger partial charge in [-0.15, -0.1) is 0 Å². The van der Waals surface area contributed by atoms with Crippen LogP contribution in [0.4, 0.5) is 8.78 Å². The number of amides is 2. The highest BCUT2D eigenvalue weighted by atomic mass is 19.2. The summed E-state index contributed by atoms with van der Waals surface area (Å²) in [6, 6.07) is 4.60. The molecule has 0 saturated carbocycles. The fraction of sp³-hybridized carbons (Fsp3) is 0.118. The number of hydrazine groups is 1. The SMILES string of the molecule is Cc1cc(O)cc(O)c1C(=O)NNC(=O)C(OC=O)c1ccc(F)c(F)c1. The van der Waals surface area contributed by atoms with E-state index in [1.807, 2.05) is 10.9 Å². The van der Waals surface area contributed by atoms with Crippen LogP contribution in [0.25, 0.3) is 0 Å². The second-order valence-corrected chi connectivity index (χ2v) is 5.39. The molecule has 0 aliphatic rings. The molecule has 0 aliphatic heterocycles. The van der Waals surface area contributed by atoms with Crippen LogP contribution in [0.2, 0.25) is 0 Å². The predicted octanol–water partition coefficient (Wildman–Crippen LogP) is 1.36. The maximum atomic E-state index is 13.3. The fourth-order valence-electron chi connectivity index (χ4n) is 2.31. The Kier molecular flexibility index (Phi) is 5.91. The Balaban J connectivity index is 2.15. The summed E-state index contributed by atoms with van der Waals surface area (Å²) in [6.07, 6.45) is -1.66. The second-order valence-electron chi connectivity index (χ2n) is 5.39. The second kappa shape index (κ2) is 8.13. The van der Waals surface area contributed by atoms with Gasteiger partial charge in [-0.25, -0.2) is 8.78 Å². The first kappa shape index (κ1) is 19.6. The first-order valence-corrected chi connectivity index (χ1v) is 7.41. The summed E-state index contributed by atoms with van der Waals surface area (Å²) in [4.78, 5) is 34.9.